The van der Waals surface area contributed by atoms with Crippen molar-refractivity contribution in [3.8, 4) is 0 Å². The number of halogens is 1. The van der Waals surface area contributed by atoms with Crippen molar-refractivity contribution in [1.29, 1.82) is 0 Å². The molecule has 0 aliphatic carbocycles. The van der Waals surface area contributed by atoms with Gasteiger partial charge in [-0.2, -0.15) is 5.10 Å². The molecule has 2 atom stereocenters. The van der Waals surface area contributed by atoms with E-state index in [9.17, 15) is 0 Å². The van der Waals surface area contributed by atoms with Gasteiger partial charge in [0.1, 0.15) is 0 Å². The van der Waals surface area contributed by atoms with Crippen LogP contribution in [0.25, 0.3) is 0 Å². The SMILES string of the molecule is CCC(C)(OC)C(Cc1c(Cl)c(C)nn1C)NC. The van der Waals surface area contributed by atoms with Gasteiger partial charge in [0, 0.05) is 26.6 Å². The van der Waals surface area contributed by atoms with E-state index in [1.165, 1.54) is 0 Å². The molecule has 0 saturated heterocycles. The summed E-state index contributed by atoms with van der Waals surface area (Å²) < 4.78 is 7.52. The van der Waals surface area contributed by atoms with Crippen molar-refractivity contribution in [1.82, 2.24) is 15.1 Å². The van der Waals surface area contributed by atoms with Crippen molar-refractivity contribution in [2.45, 2.75) is 45.3 Å². The zero-order valence-electron chi connectivity index (χ0n) is 12.2. The Morgan fingerprint density at radius 1 is 1.56 bits per heavy atom. The molecule has 18 heavy (non-hydrogen) atoms. The number of likely N-dealkylation sites (N-methyl/N-ethyl adjacent to an activating group) is 1. The first kappa shape index (κ1) is 15.5. The van der Waals surface area contributed by atoms with Gasteiger partial charge in [0.2, 0.25) is 0 Å². The molecule has 1 N–H and O–H groups in total. The molecule has 1 rings (SSSR count). The lowest BCUT2D eigenvalue weighted by Gasteiger charge is -2.35. The molecule has 1 heterocycles. The lowest BCUT2D eigenvalue weighted by Crippen LogP contribution is -2.50. The number of hydrogen-bond donors (Lipinski definition) is 1. The molecule has 0 fully saturated rings. The second-order valence-electron chi connectivity index (χ2n) is 4.89. The highest BCUT2D eigenvalue weighted by molar-refractivity contribution is 6.31. The highest BCUT2D eigenvalue weighted by atomic mass is 35.5. The highest BCUT2D eigenvalue weighted by Gasteiger charge is 2.33. The molecule has 104 valence electrons. The second kappa shape index (κ2) is 6.04. The first-order valence-electron chi connectivity index (χ1n) is 6.30. The van der Waals surface area contributed by atoms with Crippen molar-refractivity contribution in [3.05, 3.63) is 16.4 Å². The Morgan fingerprint density at radius 2 is 2.17 bits per heavy atom. The molecule has 0 aromatic carbocycles. The Kier molecular flexibility index (Phi) is 5.20. The predicted molar refractivity (Wildman–Crippen MR) is 75.2 cm³/mol. The van der Waals surface area contributed by atoms with Gasteiger partial charge in [-0.3, -0.25) is 4.68 Å². The quantitative estimate of drug-likeness (QED) is 0.865. The monoisotopic (exact) mass is 273 g/mol. The van der Waals surface area contributed by atoms with Crippen molar-refractivity contribution < 1.29 is 4.74 Å². The molecule has 0 bridgehead atoms. The minimum absolute atomic E-state index is 0.194. The smallest absolute Gasteiger partial charge is 0.0847 e. The maximum Gasteiger partial charge on any atom is 0.0847 e. The number of aryl methyl sites for hydroxylation is 2. The summed E-state index contributed by atoms with van der Waals surface area (Å²) in [6.07, 6.45) is 1.73. The Hall–Kier alpha value is -0.580. The lowest BCUT2D eigenvalue weighted by atomic mass is 9.89. The van der Waals surface area contributed by atoms with Crippen LogP contribution in [0.3, 0.4) is 0 Å². The van der Waals surface area contributed by atoms with E-state index in [1.807, 2.05) is 25.7 Å². The molecule has 0 saturated carbocycles. The number of methoxy groups -OCH3 is 1. The Labute approximate surface area is 115 Å². The molecule has 1 aromatic rings. The van der Waals surface area contributed by atoms with Gasteiger partial charge in [-0.15, -0.1) is 0 Å². The van der Waals surface area contributed by atoms with E-state index >= 15 is 0 Å². The molecule has 4 nitrogen and oxygen atoms in total. The number of rotatable bonds is 6. The second-order valence-corrected chi connectivity index (χ2v) is 5.26. The summed E-state index contributed by atoms with van der Waals surface area (Å²) in [5, 5.41) is 8.44. The summed E-state index contributed by atoms with van der Waals surface area (Å²) in [4.78, 5) is 0. The molecule has 1 aromatic heterocycles. The molecule has 0 radical (unpaired) electrons. The van der Waals surface area contributed by atoms with Crippen LogP contribution in [0.15, 0.2) is 0 Å². The third-order valence-electron chi connectivity index (χ3n) is 3.91. The van der Waals surface area contributed by atoms with Gasteiger partial charge in [-0.05, 0) is 27.3 Å². The zero-order valence-corrected chi connectivity index (χ0v) is 12.9. The van der Waals surface area contributed by atoms with Gasteiger partial charge in [0.05, 0.1) is 22.0 Å². The van der Waals surface area contributed by atoms with Crippen LogP contribution in [0.2, 0.25) is 5.02 Å². The van der Waals surface area contributed by atoms with E-state index in [4.69, 9.17) is 16.3 Å². The van der Waals surface area contributed by atoms with Crippen LogP contribution in [-0.4, -0.2) is 35.6 Å². The maximum absolute atomic E-state index is 6.30. The lowest BCUT2D eigenvalue weighted by molar-refractivity contribution is -0.0272. The molecule has 0 spiro atoms. The van der Waals surface area contributed by atoms with E-state index in [-0.39, 0.29) is 11.6 Å². The standard InChI is InChI=1S/C13H24ClN3O/c1-7-13(3,18-6)11(15-4)8-10-12(14)9(2)16-17(10)5/h11,15H,7-8H2,1-6H3. The van der Waals surface area contributed by atoms with Crippen LogP contribution >= 0.6 is 11.6 Å². The first-order valence-corrected chi connectivity index (χ1v) is 6.67. The van der Waals surface area contributed by atoms with Crippen LogP contribution in [0.4, 0.5) is 0 Å². The summed E-state index contributed by atoms with van der Waals surface area (Å²) in [5.41, 5.74) is 1.71. The fraction of sp³-hybridized carbons (Fsp3) is 0.769. The molecule has 5 heteroatoms. The van der Waals surface area contributed by atoms with Crippen LogP contribution in [0.1, 0.15) is 31.7 Å². The van der Waals surface area contributed by atoms with Gasteiger partial charge < -0.3 is 10.1 Å². The van der Waals surface area contributed by atoms with E-state index < -0.39 is 0 Å². The van der Waals surface area contributed by atoms with Crippen LogP contribution in [-0.2, 0) is 18.2 Å². The first-order chi connectivity index (χ1) is 8.39. The topological polar surface area (TPSA) is 39.1 Å². The van der Waals surface area contributed by atoms with Gasteiger partial charge in [-0.1, -0.05) is 18.5 Å². The number of nitrogens with one attached hydrogen (secondary N) is 1. The predicted octanol–water partition coefficient (Wildman–Crippen LogP) is 2.33. The Balaban J connectivity index is 2.99. The van der Waals surface area contributed by atoms with E-state index in [0.29, 0.717) is 0 Å². The van der Waals surface area contributed by atoms with Crippen LogP contribution in [0.5, 0.6) is 0 Å². The average molecular weight is 274 g/mol. The Morgan fingerprint density at radius 3 is 2.50 bits per heavy atom. The molecule has 0 amide bonds. The molecule has 2 unspecified atom stereocenters. The van der Waals surface area contributed by atoms with Crippen molar-refractivity contribution >= 4 is 11.6 Å². The number of nitrogens with zero attached hydrogens (tertiary/aromatic N) is 2. The van der Waals surface area contributed by atoms with Gasteiger partial charge in [-0.25, -0.2) is 0 Å². The van der Waals surface area contributed by atoms with Crippen LogP contribution < -0.4 is 5.32 Å². The van der Waals surface area contributed by atoms with Gasteiger partial charge >= 0.3 is 0 Å². The highest BCUT2D eigenvalue weighted by Crippen LogP contribution is 2.26. The van der Waals surface area contributed by atoms with Gasteiger partial charge in [0.15, 0.2) is 0 Å². The largest absolute Gasteiger partial charge is 0.377 e. The summed E-state index contributed by atoms with van der Waals surface area (Å²) >= 11 is 6.30. The van der Waals surface area contributed by atoms with E-state index in [2.05, 4.69) is 24.3 Å². The van der Waals surface area contributed by atoms with Crippen molar-refractivity contribution in [2.75, 3.05) is 14.2 Å². The summed E-state index contributed by atoms with van der Waals surface area (Å²) in [6, 6.07) is 0.194. The van der Waals surface area contributed by atoms with Crippen LogP contribution in [0, 0.1) is 6.92 Å². The molecular formula is C13H24ClN3O. The number of aromatic nitrogens is 2. The normalized spacial score (nSPS) is 16.6. The van der Waals surface area contributed by atoms with Crippen molar-refractivity contribution in [2.24, 2.45) is 7.05 Å². The van der Waals surface area contributed by atoms with E-state index in [0.717, 1.165) is 29.3 Å². The van der Waals surface area contributed by atoms with E-state index in [1.54, 1.807) is 7.11 Å². The number of ether oxygens (including phenoxy) is 1. The summed E-state index contributed by atoms with van der Waals surface area (Å²) in [6.45, 7) is 6.17. The minimum Gasteiger partial charge on any atom is -0.377 e. The zero-order chi connectivity index (χ0) is 13.9. The van der Waals surface area contributed by atoms with Gasteiger partial charge in [0.25, 0.3) is 0 Å². The average Bonchev–Trinajstić information content (AvgIpc) is 2.60. The third-order valence-corrected chi connectivity index (χ3v) is 4.40. The fourth-order valence-electron chi connectivity index (χ4n) is 2.25. The Bertz CT molecular complexity index is 399. The summed E-state index contributed by atoms with van der Waals surface area (Å²) in [5.74, 6) is 0. The molecular weight excluding hydrogens is 250 g/mol. The molecule has 0 aliphatic heterocycles. The molecule has 0 aliphatic rings. The number of hydrogen-bond acceptors (Lipinski definition) is 3. The third kappa shape index (κ3) is 2.87. The fourth-order valence-corrected chi connectivity index (χ4v) is 2.49. The summed E-state index contributed by atoms with van der Waals surface area (Å²) in [7, 11) is 5.63. The maximum atomic E-state index is 6.30. The minimum atomic E-state index is -0.212. The van der Waals surface area contributed by atoms with Crippen molar-refractivity contribution in [3.63, 3.8) is 0 Å².